The quantitative estimate of drug-likeness (QED) is 0.768. The van der Waals surface area contributed by atoms with Crippen molar-refractivity contribution in [3.63, 3.8) is 0 Å². The molecule has 0 amide bonds. The summed E-state index contributed by atoms with van der Waals surface area (Å²) in [6.07, 6.45) is 1.68. The van der Waals surface area contributed by atoms with Crippen molar-refractivity contribution >= 4 is 35.7 Å². The Balaban J connectivity index is 2.19. The van der Waals surface area contributed by atoms with Gasteiger partial charge in [-0.05, 0) is 47.0 Å². The van der Waals surface area contributed by atoms with Crippen molar-refractivity contribution in [1.82, 2.24) is 14.8 Å². The molecule has 1 aromatic carbocycles. The molecular weight excluding hydrogens is 373 g/mol. The maximum atomic E-state index is 13.3. The average Bonchev–Trinajstić information content (AvgIpc) is 3.10. The minimum Gasteiger partial charge on any atom is -0.294 e. The Morgan fingerprint density at radius 1 is 1.35 bits per heavy atom. The smallest absolute Gasteiger partial charge is 0.294 e. The van der Waals surface area contributed by atoms with Gasteiger partial charge >= 0.3 is 0 Å². The molecule has 20 heavy (non-hydrogen) atoms. The summed E-state index contributed by atoms with van der Waals surface area (Å²) in [5.74, 6) is -0.0381. The highest BCUT2D eigenvalue weighted by atomic mass is 79.9. The molecule has 0 atom stereocenters. The van der Waals surface area contributed by atoms with Crippen LogP contribution < -0.4 is 0 Å². The van der Waals surface area contributed by atoms with Crippen LogP contribution in [0, 0.1) is 5.82 Å². The number of rotatable bonds is 3. The lowest BCUT2D eigenvalue weighted by atomic mass is 10.2. The first-order valence-electron chi connectivity index (χ1n) is 5.73. The monoisotopic (exact) mass is 379 g/mol. The van der Waals surface area contributed by atoms with Gasteiger partial charge in [-0.1, -0.05) is 0 Å². The van der Waals surface area contributed by atoms with Crippen LogP contribution in [0.15, 0.2) is 27.8 Å². The fourth-order valence-corrected chi connectivity index (χ4v) is 3.24. The summed E-state index contributed by atoms with van der Waals surface area (Å²) in [7, 11) is 1.40. The summed E-state index contributed by atoms with van der Waals surface area (Å²) in [4.78, 5) is 0. The summed E-state index contributed by atoms with van der Waals surface area (Å²) in [5.41, 5.74) is 0.573. The molecular formula is C11H8BrClFN3O2S. The molecule has 106 valence electrons. The Labute approximate surface area is 127 Å². The topological polar surface area (TPSA) is 64.8 Å². The number of hydrogen-bond acceptors (Lipinski definition) is 4. The standard InChI is InChI=1S/C11H8BrClFN3O2S/c12-8-5-6(1-4-9(8)14)10-15-16-11(20(13,18)19)17(10)7-2-3-7/h1,4-5,7H,2-3H2. The van der Waals surface area contributed by atoms with E-state index in [1.807, 2.05) is 0 Å². The maximum Gasteiger partial charge on any atom is 0.296 e. The fourth-order valence-electron chi connectivity index (χ4n) is 1.94. The number of halogens is 3. The third-order valence-electron chi connectivity index (χ3n) is 2.97. The molecule has 0 radical (unpaired) electrons. The van der Waals surface area contributed by atoms with Crippen LogP contribution in [0.2, 0.25) is 0 Å². The number of hydrogen-bond donors (Lipinski definition) is 0. The molecule has 0 aliphatic heterocycles. The van der Waals surface area contributed by atoms with Crippen LogP contribution in [0.3, 0.4) is 0 Å². The Morgan fingerprint density at radius 3 is 2.60 bits per heavy atom. The molecule has 0 spiro atoms. The molecule has 3 rings (SSSR count). The van der Waals surface area contributed by atoms with Crippen LogP contribution >= 0.6 is 26.6 Å². The predicted octanol–water partition coefficient (Wildman–Crippen LogP) is 3.11. The van der Waals surface area contributed by atoms with Crippen LogP contribution in [0.25, 0.3) is 11.4 Å². The van der Waals surface area contributed by atoms with Gasteiger partial charge in [-0.3, -0.25) is 4.57 Å². The molecule has 0 N–H and O–H groups in total. The van der Waals surface area contributed by atoms with E-state index in [1.54, 1.807) is 0 Å². The average molecular weight is 381 g/mol. The van der Waals surface area contributed by atoms with Crippen molar-refractivity contribution in [3.05, 3.63) is 28.5 Å². The van der Waals surface area contributed by atoms with Gasteiger partial charge in [0.05, 0.1) is 4.47 Å². The van der Waals surface area contributed by atoms with E-state index in [-0.39, 0.29) is 15.7 Å². The molecule has 5 nitrogen and oxygen atoms in total. The fraction of sp³-hybridized carbons (Fsp3) is 0.273. The van der Waals surface area contributed by atoms with Crippen LogP contribution in [-0.2, 0) is 9.05 Å². The molecule has 1 fully saturated rings. The summed E-state index contributed by atoms with van der Waals surface area (Å²) < 4.78 is 38.1. The summed E-state index contributed by atoms with van der Waals surface area (Å²) >= 11 is 3.09. The van der Waals surface area contributed by atoms with Gasteiger partial charge in [0.15, 0.2) is 5.82 Å². The minimum absolute atomic E-state index is 0.0207. The Morgan fingerprint density at radius 2 is 2.05 bits per heavy atom. The van der Waals surface area contributed by atoms with E-state index in [2.05, 4.69) is 26.1 Å². The summed E-state index contributed by atoms with van der Waals surface area (Å²) in [6.45, 7) is 0. The SMILES string of the molecule is O=S(=O)(Cl)c1nnc(-c2ccc(F)c(Br)c2)n1C1CC1. The Bertz CT molecular complexity index is 789. The van der Waals surface area contributed by atoms with Crippen molar-refractivity contribution in [2.24, 2.45) is 0 Å². The van der Waals surface area contributed by atoms with E-state index in [9.17, 15) is 12.8 Å². The lowest BCUT2D eigenvalue weighted by molar-refractivity contribution is 0.579. The van der Waals surface area contributed by atoms with Crippen molar-refractivity contribution in [2.45, 2.75) is 24.0 Å². The number of nitrogens with zero attached hydrogens (tertiary/aromatic N) is 3. The first kappa shape index (κ1) is 14.0. The molecule has 0 saturated heterocycles. The van der Waals surface area contributed by atoms with Crippen LogP contribution in [0.4, 0.5) is 4.39 Å². The highest BCUT2D eigenvalue weighted by molar-refractivity contribution is 9.10. The zero-order valence-corrected chi connectivity index (χ0v) is 13.1. The van der Waals surface area contributed by atoms with Gasteiger partial charge in [0.1, 0.15) is 5.82 Å². The maximum absolute atomic E-state index is 13.3. The van der Waals surface area contributed by atoms with E-state index >= 15 is 0 Å². The molecule has 1 heterocycles. The molecule has 1 aliphatic carbocycles. The molecule has 9 heteroatoms. The van der Waals surface area contributed by atoms with E-state index in [0.717, 1.165) is 12.8 Å². The van der Waals surface area contributed by atoms with Crippen molar-refractivity contribution in [3.8, 4) is 11.4 Å². The first-order valence-corrected chi connectivity index (χ1v) is 8.83. The van der Waals surface area contributed by atoms with Gasteiger partial charge in [-0.2, -0.15) is 0 Å². The van der Waals surface area contributed by atoms with Gasteiger partial charge in [0.2, 0.25) is 0 Å². The van der Waals surface area contributed by atoms with Crippen molar-refractivity contribution in [2.75, 3.05) is 0 Å². The second-order valence-electron chi connectivity index (χ2n) is 4.47. The van der Waals surface area contributed by atoms with E-state index in [1.165, 1.54) is 22.8 Å². The van der Waals surface area contributed by atoms with Gasteiger partial charge < -0.3 is 0 Å². The highest BCUT2D eigenvalue weighted by Crippen LogP contribution is 2.40. The summed E-state index contributed by atoms with van der Waals surface area (Å²) in [5, 5.41) is 7.29. The lowest BCUT2D eigenvalue weighted by Crippen LogP contribution is -2.06. The van der Waals surface area contributed by atoms with Crippen molar-refractivity contribution < 1.29 is 12.8 Å². The third kappa shape index (κ3) is 2.47. The largest absolute Gasteiger partial charge is 0.296 e. The number of benzene rings is 1. The molecule has 1 aromatic heterocycles. The Kier molecular flexibility index (Phi) is 3.34. The van der Waals surface area contributed by atoms with E-state index < -0.39 is 14.9 Å². The predicted molar refractivity (Wildman–Crippen MR) is 74.4 cm³/mol. The van der Waals surface area contributed by atoms with Crippen LogP contribution in [0.1, 0.15) is 18.9 Å². The lowest BCUT2D eigenvalue weighted by Gasteiger charge is -2.07. The second-order valence-corrected chi connectivity index (χ2v) is 7.79. The zero-order valence-electron chi connectivity index (χ0n) is 9.92. The summed E-state index contributed by atoms with van der Waals surface area (Å²) in [6, 6.07) is 4.35. The van der Waals surface area contributed by atoms with Gasteiger partial charge in [0.25, 0.3) is 14.2 Å². The van der Waals surface area contributed by atoms with Crippen LogP contribution in [-0.4, -0.2) is 23.2 Å². The Hall–Kier alpha value is -0.990. The number of aromatic nitrogens is 3. The van der Waals surface area contributed by atoms with Gasteiger partial charge in [-0.25, -0.2) is 12.8 Å². The zero-order chi connectivity index (χ0) is 14.5. The molecule has 0 bridgehead atoms. The molecule has 0 unspecified atom stereocenters. The van der Waals surface area contributed by atoms with E-state index in [0.29, 0.717) is 11.4 Å². The second kappa shape index (κ2) is 4.78. The van der Waals surface area contributed by atoms with Gasteiger partial charge in [-0.15, -0.1) is 10.2 Å². The highest BCUT2D eigenvalue weighted by Gasteiger charge is 2.34. The van der Waals surface area contributed by atoms with E-state index in [4.69, 9.17) is 10.7 Å². The molecule has 1 aliphatic rings. The first-order chi connectivity index (χ1) is 9.38. The molecule has 1 saturated carbocycles. The minimum atomic E-state index is -3.97. The van der Waals surface area contributed by atoms with Gasteiger partial charge in [0, 0.05) is 22.3 Å². The van der Waals surface area contributed by atoms with Crippen molar-refractivity contribution in [1.29, 1.82) is 0 Å². The normalized spacial score (nSPS) is 15.6. The molecule has 2 aromatic rings. The van der Waals surface area contributed by atoms with Crippen LogP contribution in [0.5, 0.6) is 0 Å². The third-order valence-corrected chi connectivity index (χ3v) is 4.71.